The van der Waals surface area contributed by atoms with Crippen LogP contribution in [0.15, 0.2) is 55.8 Å². The Bertz CT molecular complexity index is 1130. The Morgan fingerprint density at radius 1 is 1.23 bits per heavy atom. The number of fused-ring (bicyclic) bond motifs is 1. The first-order valence-electron chi connectivity index (χ1n) is 9.44. The van der Waals surface area contributed by atoms with Crippen molar-refractivity contribution in [1.82, 2.24) is 20.4 Å². The second-order valence-electron chi connectivity index (χ2n) is 6.99. The molecule has 4 rings (SSSR count). The minimum Gasteiger partial charge on any atom is -0.468 e. The van der Waals surface area contributed by atoms with E-state index in [0.29, 0.717) is 23.6 Å². The number of aryl methyl sites for hydroxylation is 1. The van der Waals surface area contributed by atoms with Crippen LogP contribution in [0.1, 0.15) is 32.9 Å². The first-order chi connectivity index (χ1) is 14.5. The highest BCUT2D eigenvalue weighted by Crippen LogP contribution is 2.33. The summed E-state index contributed by atoms with van der Waals surface area (Å²) in [5.41, 5.74) is 1.56. The molecule has 1 amide bonds. The van der Waals surface area contributed by atoms with Gasteiger partial charge in [0.2, 0.25) is 0 Å². The van der Waals surface area contributed by atoms with E-state index in [1.54, 1.807) is 18.0 Å². The Morgan fingerprint density at radius 2 is 2.07 bits per heavy atom. The van der Waals surface area contributed by atoms with Crippen LogP contribution in [-0.4, -0.2) is 41.6 Å². The Kier molecular flexibility index (Phi) is 6.21. The van der Waals surface area contributed by atoms with Gasteiger partial charge in [-0.3, -0.25) is 9.69 Å². The van der Waals surface area contributed by atoms with Crippen LogP contribution in [-0.2, 0) is 5.75 Å². The van der Waals surface area contributed by atoms with E-state index in [0.717, 1.165) is 26.1 Å². The van der Waals surface area contributed by atoms with Gasteiger partial charge in [-0.15, -0.1) is 10.2 Å². The van der Waals surface area contributed by atoms with Gasteiger partial charge in [0.1, 0.15) is 16.4 Å². The number of likely N-dealkylation sites (N-methyl/N-ethyl adjacent to an activating group) is 1. The highest BCUT2D eigenvalue weighted by atomic mass is 32.2. The molecule has 30 heavy (non-hydrogen) atoms. The number of thioether (sulfide) groups is 1. The molecule has 7 nitrogen and oxygen atoms in total. The number of nitrogens with one attached hydrogen (secondary N) is 1. The van der Waals surface area contributed by atoms with Crippen LogP contribution in [0.4, 0.5) is 0 Å². The number of aromatic nitrogens is 2. The predicted octanol–water partition coefficient (Wildman–Crippen LogP) is 4.51. The van der Waals surface area contributed by atoms with E-state index in [4.69, 9.17) is 8.83 Å². The Morgan fingerprint density at radius 3 is 2.77 bits per heavy atom. The van der Waals surface area contributed by atoms with Crippen LogP contribution >= 0.6 is 23.1 Å². The normalized spacial score (nSPS) is 12.5. The van der Waals surface area contributed by atoms with E-state index < -0.39 is 0 Å². The fraction of sp³-hybridized carbons (Fsp3) is 0.286. The van der Waals surface area contributed by atoms with Gasteiger partial charge in [0.15, 0.2) is 10.1 Å². The number of nitrogens with zero attached hydrogens (tertiary/aromatic N) is 3. The maximum Gasteiger partial charge on any atom is 0.287 e. The third-order valence-electron chi connectivity index (χ3n) is 4.70. The van der Waals surface area contributed by atoms with Crippen LogP contribution in [0.2, 0.25) is 0 Å². The molecular formula is C21H22N4O3S2. The summed E-state index contributed by atoms with van der Waals surface area (Å²) >= 11 is 3.09. The maximum atomic E-state index is 13.1. The van der Waals surface area contributed by atoms with E-state index in [1.807, 2.05) is 62.3 Å². The number of rotatable bonds is 8. The average Bonchev–Trinajstić information content (AvgIpc) is 3.46. The first-order valence-corrected chi connectivity index (χ1v) is 11.2. The van der Waals surface area contributed by atoms with Gasteiger partial charge in [-0.2, -0.15) is 0 Å². The molecule has 0 aliphatic carbocycles. The molecule has 3 aromatic heterocycles. The topological polar surface area (TPSA) is 84.4 Å². The lowest BCUT2D eigenvalue weighted by Crippen LogP contribution is -2.34. The fourth-order valence-corrected chi connectivity index (χ4v) is 5.03. The quantitative estimate of drug-likeness (QED) is 0.402. The lowest BCUT2D eigenvalue weighted by Gasteiger charge is -2.22. The number of furan rings is 2. The summed E-state index contributed by atoms with van der Waals surface area (Å²) in [5, 5.41) is 13.1. The minimum atomic E-state index is -0.242. The molecule has 0 spiro atoms. The second-order valence-corrected chi connectivity index (χ2v) is 9.39. The second kappa shape index (κ2) is 9.03. The number of amides is 1. The maximum absolute atomic E-state index is 13.1. The van der Waals surface area contributed by atoms with Crippen LogP contribution in [0.5, 0.6) is 0 Å². The molecule has 0 aliphatic heterocycles. The van der Waals surface area contributed by atoms with E-state index in [1.165, 1.54) is 11.3 Å². The number of hydrogen-bond acceptors (Lipinski definition) is 8. The molecule has 1 aromatic carbocycles. The summed E-state index contributed by atoms with van der Waals surface area (Å²) in [4.78, 5) is 15.1. The summed E-state index contributed by atoms with van der Waals surface area (Å²) in [6, 6.07) is 11.4. The van der Waals surface area contributed by atoms with Crippen molar-refractivity contribution in [2.24, 2.45) is 0 Å². The summed E-state index contributed by atoms with van der Waals surface area (Å²) in [6.07, 6.45) is 1.64. The standard InChI is InChI=1S/C21H22N4O3S2/c1-13-23-24-21(30-13)29-12-15-14-7-4-5-8-17(14)28-19(15)20(26)22-11-16(25(2)3)18-9-6-10-27-18/h4-10,16H,11-12H2,1-3H3,(H,22,26). The average molecular weight is 443 g/mol. The first kappa shape index (κ1) is 20.6. The van der Waals surface area contributed by atoms with Gasteiger partial charge < -0.3 is 14.2 Å². The van der Waals surface area contributed by atoms with Crippen LogP contribution < -0.4 is 5.32 Å². The van der Waals surface area contributed by atoms with E-state index in [2.05, 4.69) is 15.5 Å². The lowest BCUT2D eigenvalue weighted by molar-refractivity contribution is 0.0912. The van der Waals surface area contributed by atoms with Crippen molar-refractivity contribution in [2.45, 2.75) is 23.1 Å². The van der Waals surface area contributed by atoms with Gasteiger partial charge in [0.05, 0.1) is 12.3 Å². The van der Waals surface area contributed by atoms with Gasteiger partial charge in [-0.25, -0.2) is 0 Å². The number of carbonyl (C=O) groups excluding carboxylic acids is 1. The van der Waals surface area contributed by atoms with E-state index in [-0.39, 0.29) is 11.9 Å². The van der Waals surface area contributed by atoms with Crippen LogP contribution in [0, 0.1) is 6.92 Å². The highest BCUT2D eigenvalue weighted by Gasteiger charge is 2.23. The highest BCUT2D eigenvalue weighted by molar-refractivity contribution is 8.00. The molecule has 0 saturated carbocycles. The zero-order chi connectivity index (χ0) is 21.1. The van der Waals surface area contributed by atoms with Crippen LogP contribution in [0.25, 0.3) is 11.0 Å². The zero-order valence-corrected chi connectivity index (χ0v) is 18.5. The van der Waals surface area contributed by atoms with Gasteiger partial charge in [-0.1, -0.05) is 41.3 Å². The van der Waals surface area contributed by atoms with Crippen LogP contribution in [0.3, 0.4) is 0 Å². The molecule has 156 valence electrons. The van der Waals surface area contributed by atoms with Crippen molar-refractivity contribution >= 4 is 40.0 Å². The van der Waals surface area contributed by atoms with E-state index in [9.17, 15) is 4.79 Å². The molecule has 0 radical (unpaired) electrons. The van der Waals surface area contributed by atoms with Crippen molar-refractivity contribution in [2.75, 3.05) is 20.6 Å². The lowest BCUT2D eigenvalue weighted by atomic mass is 10.1. The molecule has 1 N–H and O–H groups in total. The summed E-state index contributed by atoms with van der Waals surface area (Å²) in [7, 11) is 3.90. The molecule has 1 atom stereocenters. The summed E-state index contributed by atoms with van der Waals surface area (Å²) in [5.74, 6) is 1.46. The largest absolute Gasteiger partial charge is 0.468 e. The van der Waals surface area contributed by atoms with Crippen molar-refractivity contribution < 1.29 is 13.6 Å². The molecule has 0 fully saturated rings. The minimum absolute atomic E-state index is 0.0736. The summed E-state index contributed by atoms with van der Waals surface area (Å²) < 4.78 is 12.3. The molecule has 4 aromatic rings. The van der Waals surface area contributed by atoms with Crippen molar-refractivity contribution in [1.29, 1.82) is 0 Å². The third-order valence-corrected chi connectivity index (χ3v) is 6.70. The van der Waals surface area contributed by atoms with E-state index >= 15 is 0 Å². The van der Waals surface area contributed by atoms with Crippen molar-refractivity contribution in [3.8, 4) is 0 Å². The molecule has 0 bridgehead atoms. The molecule has 9 heteroatoms. The predicted molar refractivity (Wildman–Crippen MR) is 118 cm³/mol. The van der Waals surface area contributed by atoms with Gasteiger partial charge in [0, 0.05) is 23.2 Å². The van der Waals surface area contributed by atoms with Gasteiger partial charge >= 0.3 is 0 Å². The fourth-order valence-electron chi connectivity index (χ4n) is 3.18. The zero-order valence-electron chi connectivity index (χ0n) is 16.9. The number of para-hydroxylation sites is 1. The number of benzene rings is 1. The Labute approximate surface area is 182 Å². The Hall–Kier alpha value is -2.62. The molecular weight excluding hydrogens is 420 g/mol. The molecule has 0 aliphatic rings. The molecule has 0 saturated heterocycles. The van der Waals surface area contributed by atoms with Crippen molar-refractivity contribution in [3.05, 3.63) is 64.8 Å². The summed E-state index contributed by atoms with van der Waals surface area (Å²) in [6.45, 7) is 2.33. The third kappa shape index (κ3) is 4.43. The number of hydrogen-bond donors (Lipinski definition) is 1. The SMILES string of the molecule is Cc1nnc(SCc2c(C(=O)NCC(c3ccco3)N(C)C)oc3ccccc23)s1. The van der Waals surface area contributed by atoms with Gasteiger partial charge in [0.25, 0.3) is 5.91 Å². The van der Waals surface area contributed by atoms with Crippen molar-refractivity contribution in [3.63, 3.8) is 0 Å². The smallest absolute Gasteiger partial charge is 0.287 e. The van der Waals surface area contributed by atoms with Gasteiger partial charge in [-0.05, 0) is 39.2 Å². The Balaban J connectivity index is 1.55. The molecule has 3 heterocycles. The molecule has 1 unspecified atom stereocenters. The number of carbonyl (C=O) groups is 1. The monoisotopic (exact) mass is 442 g/mol.